The highest BCUT2D eigenvalue weighted by atomic mass is 14.9. The van der Waals surface area contributed by atoms with Gasteiger partial charge in [0.15, 0.2) is 0 Å². The van der Waals surface area contributed by atoms with Crippen LogP contribution in [-0.4, -0.2) is 15.0 Å². The van der Waals surface area contributed by atoms with Crippen LogP contribution in [0.5, 0.6) is 0 Å². The number of nitrogens with one attached hydrogen (secondary N) is 1. The van der Waals surface area contributed by atoms with Crippen molar-refractivity contribution in [1.29, 1.82) is 0 Å². The lowest BCUT2D eigenvalue weighted by molar-refractivity contribution is 1.28. The summed E-state index contributed by atoms with van der Waals surface area (Å²) in [6.07, 6.45) is 1.67. The molecule has 0 unspecified atom stereocenters. The Morgan fingerprint density at radius 3 is 2.94 bits per heavy atom. The predicted molar refractivity (Wildman–Crippen MR) is 68.5 cm³/mol. The predicted octanol–water partition coefficient (Wildman–Crippen LogP) is 2.52. The molecule has 2 heterocycles. The van der Waals surface area contributed by atoms with E-state index in [4.69, 9.17) is 5.73 Å². The third kappa shape index (κ3) is 1.63. The van der Waals surface area contributed by atoms with Crippen LogP contribution < -0.4 is 5.73 Å². The first-order chi connectivity index (χ1) is 8.24. The second-order valence-corrected chi connectivity index (χ2v) is 4.04. The lowest BCUT2D eigenvalue weighted by atomic mass is 10.2. The molecule has 17 heavy (non-hydrogen) atoms. The van der Waals surface area contributed by atoms with Gasteiger partial charge in [0.05, 0.1) is 16.6 Å². The van der Waals surface area contributed by atoms with Crippen molar-refractivity contribution in [3.8, 4) is 11.4 Å². The molecular weight excluding hydrogens is 212 g/mol. The van der Waals surface area contributed by atoms with Crippen LogP contribution in [0, 0.1) is 6.92 Å². The highest BCUT2D eigenvalue weighted by Gasteiger charge is 2.08. The minimum absolute atomic E-state index is 0.489. The molecule has 0 aliphatic rings. The molecule has 3 N–H and O–H groups in total. The number of rotatable bonds is 1. The molecule has 0 radical (unpaired) electrons. The smallest absolute Gasteiger partial charge is 0.142 e. The van der Waals surface area contributed by atoms with Gasteiger partial charge in [0.2, 0.25) is 0 Å². The molecule has 1 aromatic carbocycles. The van der Waals surface area contributed by atoms with Crippen molar-refractivity contribution in [3.05, 3.63) is 42.1 Å². The Hall–Kier alpha value is -2.36. The van der Waals surface area contributed by atoms with E-state index in [0.717, 1.165) is 22.4 Å². The summed E-state index contributed by atoms with van der Waals surface area (Å²) in [5.74, 6) is 1.25. The Kier molecular flexibility index (Phi) is 2.08. The van der Waals surface area contributed by atoms with Crippen molar-refractivity contribution in [2.75, 3.05) is 5.73 Å². The Bertz CT molecular complexity index is 685. The van der Waals surface area contributed by atoms with Crippen molar-refractivity contribution in [3.63, 3.8) is 0 Å². The number of nitrogens with zero attached hydrogens (tertiary/aromatic N) is 2. The fourth-order valence-electron chi connectivity index (χ4n) is 1.87. The zero-order chi connectivity index (χ0) is 11.8. The quantitative estimate of drug-likeness (QED) is 0.667. The second-order valence-electron chi connectivity index (χ2n) is 4.04. The number of hydrogen-bond donors (Lipinski definition) is 2. The van der Waals surface area contributed by atoms with Crippen LogP contribution in [0.2, 0.25) is 0 Å². The molecule has 0 saturated heterocycles. The maximum atomic E-state index is 5.83. The van der Waals surface area contributed by atoms with Gasteiger partial charge in [-0.25, -0.2) is 9.97 Å². The Balaban J connectivity index is 2.22. The molecule has 0 aliphatic heterocycles. The van der Waals surface area contributed by atoms with Crippen LogP contribution in [-0.2, 0) is 0 Å². The second kappa shape index (κ2) is 3.59. The molecule has 4 nitrogen and oxygen atoms in total. The average Bonchev–Trinajstić information content (AvgIpc) is 2.72. The minimum Gasteiger partial charge on any atom is -0.383 e. The number of benzene rings is 1. The number of nitrogens with two attached hydrogens (primary N) is 1. The summed E-state index contributed by atoms with van der Waals surface area (Å²) in [7, 11) is 0. The van der Waals surface area contributed by atoms with Crippen molar-refractivity contribution < 1.29 is 0 Å². The number of aryl methyl sites for hydroxylation is 1. The van der Waals surface area contributed by atoms with Gasteiger partial charge in [0, 0.05) is 6.20 Å². The summed E-state index contributed by atoms with van der Waals surface area (Å²) in [4.78, 5) is 11.8. The van der Waals surface area contributed by atoms with E-state index < -0.39 is 0 Å². The zero-order valence-electron chi connectivity index (χ0n) is 9.44. The highest BCUT2D eigenvalue weighted by Crippen LogP contribution is 2.24. The van der Waals surface area contributed by atoms with Gasteiger partial charge in [-0.3, -0.25) is 0 Å². The molecule has 0 aliphatic carbocycles. The topological polar surface area (TPSA) is 67.6 Å². The molecule has 0 spiro atoms. The molecule has 3 aromatic rings. The van der Waals surface area contributed by atoms with E-state index in [1.807, 2.05) is 24.3 Å². The van der Waals surface area contributed by atoms with Gasteiger partial charge in [-0.2, -0.15) is 0 Å². The third-order valence-corrected chi connectivity index (χ3v) is 2.73. The van der Waals surface area contributed by atoms with Gasteiger partial charge in [0.25, 0.3) is 0 Å². The largest absolute Gasteiger partial charge is 0.383 e. The summed E-state index contributed by atoms with van der Waals surface area (Å²) >= 11 is 0. The molecule has 0 bridgehead atoms. The van der Waals surface area contributed by atoms with Crippen molar-refractivity contribution >= 4 is 16.9 Å². The van der Waals surface area contributed by atoms with Gasteiger partial charge in [-0.05, 0) is 36.8 Å². The number of anilines is 1. The number of aromatic amines is 1. The molecule has 0 atom stereocenters. The van der Waals surface area contributed by atoms with E-state index >= 15 is 0 Å². The van der Waals surface area contributed by atoms with E-state index in [2.05, 4.69) is 27.9 Å². The van der Waals surface area contributed by atoms with Crippen LogP contribution in [0.25, 0.3) is 22.4 Å². The molecule has 0 fully saturated rings. The fraction of sp³-hybridized carbons (Fsp3) is 0.0769. The number of hydrogen-bond acceptors (Lipinski definition) is 3. The molecule has 84 valence electrons. The first-order valence-electron chi connectivity index (χ1n) is 5.41. The maximum Gasteiger partial charge on any atom is 0.142 e. The Morgan fingerprint density at radius 1 is 1.24 bits per heavy atom. The number of imidazole rings is 1. The van der Waals surface area contributed by atoms with Gasteiger partial charge in [-0.15, -0.1) is 0 Å². The standard InChI is InChI=1S/C13H12N4/c1-8-4-5-10-11(7-8)17-13(16-10)9-3-2-6-15-12(9)14/h2-7H,1H3,(H2,14,15)(H,16,17). The number of nitrogen functional groups attached to an aromatic ring is 1. The van der Waals surface area contributed by atoms with Crippen molar-refractivity contribution in [1.82, 2.24) is 15.0 Å². The van der Waals surface area contributed by atoms with E-state index in [1.165, 1.54) is 5.56 Å². The van der Waals surface area contributed by atoms with Crippen molar-refractivity contribution in [2.45, 2.75) is 6.92 Å². The highest BCUT2D eigenvalue weighted by molar-refractivity contribution is 5.81. The summed E-state index contributed by atoms with van der Waals surface area (Å²) in [5.41, 5.74) is 9.82. The maximum absolute atomic E-state index is 5.83. The first kappa shape index (κ1) is 9.84. The van der Waals surface area contributed by atoms with Gasteiger partial charge in [-0.1, -0.05) is 6.07 Å². The Labute approximate surface area is 98.5 Å². The van der Waals surface area contributed by atoms with Crippen LogP contribution in [0.3, 0.4) is 0 Å². The van der Waals surface area contributed by atoms with E-state index in [0.29, 0.717) is 5.82 Å². The number of aromatic nitrogens is 3. The van der Waals surface area contributed by atoms with E-state index in [9.17, 15) is 0 Å². The summed E-state index contributed by atoms with van der Waals surface area (Å²) in [6.45, 7) is 2.05. The average molecular weight is 224 g/mol. The summed E-state index contributed by atoms with van der Waals surface area (Å²) in [6, 6.07) is 9.87. The zero-order valence-corrected chi connectivity index (χ0v) is 9.44. The normalized spacial score (nSPS) is 10.9. The van der Waals surface area contributed by atoms with Crippen molar-refractivity contribution in [2.24, 2.45) is 0 Å². The van der Waals surface area contributed by atoms with Gasteiger partial charge in [0.1, 0.15) is 11.6 Å². The lowest BCUT2D eigenvalue weighted by Crippen LogP contribution is -1.93. The molecule has 0 saturated carbocycles. The number of pyridine rings is 1. The van der Waals surface area contributed by atoms with Crippen LogP contribution in [0.4, 0.5) is 5.82 Å². The summed E-state index contributed by atoms with van der Waals surface area (Å²) < 4.78 is 0. The SMILES string of the molecule is Cc1ccc2nc(-c3cccnc3N)[nH]c2c1. The summed E-state index contributed by atoms with van der Waals surface area (Å²) in [5, 5.41) is 0. The van der Waals surface area contributed by atoms with Crippen LogP contribution in [0.1, 0.15) is 5.56 Å². The third-order valence-electron chi connectivity index (χ3n) is 2.73. The molecule has 2 aromatic heterocycles. The van der Waals surface area contributed by atoms with Gasteiger partial charge < -0.3 is 10.7 Å². The molecule has 0 amide bonds. The number of fused-ring (bicyclic) bond motifs is 1. The van der Waals surface area contributed by atoms with Crippen LogP contribution >= 0.6 is 0 Å². The van der Waals surface area contributed by atoms with E-state index in [-0.39, 0.29) is 0 Å². The number of H-pyrrole nitrogens is 1. The molecule has 4 heteroatoms. The monoisotopic (exact) mass is 224 g/mol. The molecular formula is C13H12N4. The fourth-order valence-corrected chi connectivity index (χ4v) is 1.87. The first-order valence-corrected chi connectivity index (χ1v) is 5.41. The Morgan fingerprint density at radius 2 is 2.12 bits per heavy atom. The lowest BCUT2D eigenvalue weighted by Gasteiger charge is -1.98. The molecule has 3 rings (SSSR count). The van der Waals surface area contributed by atoms with Crippen LogP contribution in [0.15, 0.2) is 36.5 Å². The van der Waals surface area contributed by atoms with Gasteiger partial charge >= 0.3 is 0 Å². The van der Waals surface area contributed by atoms with E-state index in [1.54, 1.807) is 6.20 Å². The minimum atomic E-state index is 0.489.